The molecule has 6 heteroatoms. The minimum Gasteiger partial charge on any atom is -0.488 e. The van der Waals surface area contributed by atoms with E-state index in [9.17, 15) is 18.0 Å². The predicted molar refractivity (Wildman–Crippen MR) is 89.4 cm³/mol. The van der Waals surface area contributed by atoms with Crippen LogP contribution < -0.4 is 4.74 Å². The van der Waals surface area contributed by atoms with E-state index in [4.69, 9.17) is 4.74 Å². The van der Waals surface area contributed by atoms with Crippen LogP contribution in [0, 0.1) is 0 Å². The third-order valence-electron chi connectivity index (χ3n) is 3.33. The standard InChI is InChI=1S/C19H18F3NO2/c1-23(2)11-10-17(24)16-12-15(19(20,21)22)8-9-18(16)25-13-14-6-4-3-5-7-14/h3-12H,13H2,1-2H3. The van der Waals surface area contributed by atoms with Crippen LogP contribution in [0.25, 0.3) is 0 Å². The maximum absolute atomic E-state index is 12.9. The van der Waals surface area contributed by atoms with E-state index in [1.807, 2.05) is 30.3 Å². The van der Waals surface area contributed by atoms with Gasteiger partial charge in [-0.3, -0.25) is 4.79 Å². The second kappa shape index (κ2) is 7.88. The van der Waals surface area contributed by atoms with Crippen LogP contribution in [0.4, 0.5) is 13.2 Å². The highest BCUT2D eigenvalue weighted by Crippen LogP contribution is 2.33. The molecule has 132 valence electrons. The maximum atomic E-state index is 12.9. The number of allylic oxidation sites excluding steroid dienone is 1. The van der Waals surface area contributed by atoms with E-state index in [0.29, 0.717) is 0 Å². The van der Waals surface area contributed by atoms with Gasteiger partial charge in [-0.05, 0) is 23.8 Å². The molecule has 0 atom stereocenters. The summed E-state index contributed by atoms with van der Waals surface area (Å²) >= 11 is 0. The Morgan fingerprint density at radius 2 is 1.80 bits per heavy atom. The van der Waals surface area contributed by atoms with Gasteiger partial charge in [0.05, 0.1) is 11.1 Å². The van der Waals surface area contributed by atoms with E-state index in [1.54, 1.807) is 19.0 Å². The van der Waals surface area contributed by atoms with Gasteiger partial charge in [-0.25, -0.2) is 0 Å². The molecule has 0 heterocycles. The number of alkyl halides is 3. The van der Waals surface area contributed by atoms with Gasteiger partial charge in [0.2, 0.25) is 0 Å². The van der Waals surface area contributed by atoms with Crippen molar-refractivity contribution in [2.45, 2.75) is 12.8 Å². The molecular weight excluding hydrogens is 331 g/mol. The first kappa shape index (κ1) is 18.6. The van der Waals surface area contributed by atoms with E-state index < -0.39 is 17.5 Å². The number of hydrogen-bond acceptors (Lipinski definition) is 3. The Bertz CT molecular complexity index is 753. The molecule has 0 N–H and O–H groups in total. The molecule has 2 rings (SSSR count). The highest BCUT2D eigenvalue weighted by atomic mass is 19.4. The molecule has 0 fully saturated rings. The molecule has 0 aliphatic rings. The monoisotopic (exact) mass is 349 g/mol. The van der Waals surface area contributed by atoms with Crippen molar-refractivity contribution < 1.29 is 22.7 Å². The lowest BCUT2D eigenvalue weighted by molar-refractivity contribution is -0.137. The summed E-state index contributed by atoms with van der Waals surface area (Å²) in [5, 5.41) is 0. The van der Waals surface area contributed by atoms with Gasteiger partial charge >= 0.3 is 6.18 Å². The van der Waals surface area contributed by atoms with Gasteiger partial charge in [0.25, 0.3) is 0 Å². The van der Waals surface area contributed by atoms with Crippen LogP contribution in [0.3, 0.4) is 0 Å². The highest BCUT2D eigenvalue weighted by Gasteiger charge is 2.31. The molecule has 0 aromatic heterocycles. The lowest BCUT2D eigenvalue weighted by Gasteiger charge is -2.13. The minimum atomic E-state index is -4.53. The molecule has 2 aromatic rings. The zero-order chi connectivity index (χ0) is 18.4. The van der Waals surface area contributed by atoms with E-state index in [2.05, 4.69) is 0 Å². The van der Waals surface area contributed by atoms with Crippen molar-refractivity contribution in [3.63, 3.8) is 0 Å². The zero-order valence-corrected chi connectivity index (χ0v) is 13.9. The number of hydrogen-bond donors (Lipinski definition) is 0. The molecule has 2 aromatic carbocycles. The van der Waals surface area contributed by atoms with Crippen molar-refractivity contribution in [3.05, 3.63) is 77.5 Å². The van der Waals surface area contributed by atoms with Gasteiger partial charge in [0.15, 0.2) is 5.78 Å². The molecule has 0 saturated carbocycles. The van der Waals surface area contributed by atoms with Crippen molar-refractivity contribution >= 4 is 5.78 Å². The SMILES string of the molecule is CN(C)C=CC(=O)c1cc(C(F)(F)F)ccc1OCc1ccccc1. The first-order chi connectivity index (χ1) is 11.8. The molecule has 0 unspecified atom stereocenters. The van der Waals surface area contributed by atoms with Gasteiger partial charge < -0.3 is 9.64 Å². The van der Waals surface area contributed by atoms with Crippen molar-refractivity contribution in [2.24, 2.45) is 0 Å². The van der Waals surface area contributed by atoms with Crippen molar-refractivity contribution in [2.75, 3.05) is 14.1 Å². The molecule has 3 nitrogen and oxygen atoms in total. The molecule has 0 spiro atoms. The summed E-state index contributed by atoms with van der Waals surface area (Å²) in [6.07, 6.45) is -1.84. The van der Waals surface area contributed by atoms with Crippen molar-refractivity contribution in [1.82, 2.24) is 4.90 Å². The third-order valence-corrected chi connectivity index (χ3v) is 3.33. The molecule has 0 aliphatic heterocycles. The zero-order valence-electron chi connectivity index (χ0n) is 13.9. The van der Waals surface area contributed by atoms with Gasteiger partial charge in [-0.1, -0.05) is 30.3 Å². The molecule has 0 bridgehead atoms. The van der Waals surface area contributed by atoms with Crippen LogP contribution in [-0.4, -0.2) is 24.8 Å². The normalized spacial score (nSPS) is 11.6. The second-order valence-corrected chi connectivity index (χ2v) is 5.63. The van der Waals surface area contributed by atoms with Gasteiger partial charge in [0.1, 0.15) is 12.4 Å². The van der Waals surface area contributed by atoms with Crippen LogP contribution >= 0.6 is 0 Å². The summed E-state index contributed by atoms with van der Waals surface area (Å²) in [7, 11) is 3.42. The third kappa shape index (κ3) is 5.38. The molecule has 25 heavy (non-hydrogen) atoms. The fourth-order valence-corrected chi connectivity index (χ4v) is 2.07. The summed E-state index contributed by atoms with van der Waals surface area (Å²) in [6.45, 7) is 0.157. The van der Waals surface area contributed by atoms with Crippen LogP contribution in [-0.2, 0) is 12.8 Å². The Morgan fingerprint density at radius 1 is 1.12 bits per heavy atom. The van der Waals surface area contributed by atoms with E-state index in [0.717, 1.165) is 17.7 Å². The number of carbonyl (C=O) groups is 1. The summed E-state index contributed by atoms with van der Waals surface area (Å²) in [4.78, 5) is 13.9. The fourth-order valence-electron chi connectivity index (χ4n) is 2.07. The first-order valence-electron chi connectivity index (χ1n) is 7.54. The second-order valence-electron chi connectivity index (χ2n) is 5.63. The van der Waals surface area contributed by atoms with E-state index >= 15 is 0 Å². The molecular formula is C19H18F3NO2. The Hall–Kier alpha value is -2.76. The quantitative estimate of drug-likeness (QED) is 0.566. The molecule has 0 aliphatic carbocycles. The molecule has 0 saturated heterocycles. The summed E-state index contributed by atoms with van der Waals surface area (Å²) in [6, 6.07) is 12.1. The Morgan fingerprint density at radius 3 is 2.40 bits per heavy atom. The van der Waals surface area contributed by atoms with Crippen LogP contribution in [0.2, 0.25) is 0 Å². The number of nitrogens with zero attached hydrogens (tertiary/aromatic N) is 1. The maximum Gasteiger partial charge on any atom is 0.416 e. The number of ketones is 1. The summed E-state index contributed by atoms with van der Waals surface area (Å²) in [5.74, 6) is -0.437. The van der Waals surface area contributed by atoms with Gasteiger partial charge in [0, 0.05) is 26.4 Å². The lowest BCUT2D eigenvalue weighted by Crippen LogP contribution is -2.10. The number of halogens is 3. The average molecular weight is 349 g/mol. The smallest absolute Gasteiger partial charge is 0.416 e. The first-order valence-corrected chi connectivity index (χ1v) is 7.54. The minimum absolute atomic E-state index is 0.116. The predicted octanol–water partition coefficient (Wildman–Crippen LogP) is 4.54. The number of carbonyl (C=O) groups excluding carboxylic acids is 1. The lowest BCUT2D eigenvalue weighted by atomic mass is 10.1. The number of ether oxygens (including phenoxy) is 1. The highest BCUT2D eigenvalue weighted by molar-refractivity contribution is 6.06. The van der Waals surface area contributed by atoms with Crippen LogP contribution in [0.1, 0.15) is 21.5 Å². The van der Waals surface area contributed by atoms with E-state index in [1.165, 1.54) is 18.3 Å². The topological polar surface area (TPSA) is 29.5 Å². The van der Waals surface area contributed by atoms with Crippen molar-refractivity contribution in [1.29, 1.82) is 0 Å². The molecule has 0 amide bonds. The van der Waals surface area contributed by atoms with Crippen molar-refractivity contribution in [3.8, 4) is 5.75 Å². The summed E-state index contributed by atoms with van der Waals surface area (Å²) in [5.41, 5.74) is -0.158. The summed E-state index contributed by atoms with van der Waals surface area (Å²) < 4.78 is 44.4. The van der Waals surface area contributed by atoms with Crippen LogP contribution in [0.5, 0.6) is 5.75 Å². The fraction of sp³-hybridized carbons (Fsp3) is 0.211. The Labute approximate surface area is 144 Å². The Balaban J connectivity index is 2.32. The van der Waals surface area contributed by atoms with Gasteiger partial charge in [-0.15, -0.1) is 0 Å². The Kier molecular flexibility index (Phi) is 5.85. The number of rotatable bonds is 6. The largest absolute Gasteiger partial charge is 0.488 e. The average Bonchev–Trinajstić information content (AvgIpc) is 2.57. The number of benzene rings is 2. The van der Waals surface area contributed by atoms with Crippen LogP contribution in [0.15, 0.2) is 60.8 Å². The molecule has 0 radical (unpaired) electrons. The van der Waals surface area contributed by atoms with E-state index in [-0.39, 0.29) is 17.9 Å². The van der Waals surface area contributed by atoms with Gasteiger partial charge in [-0.2, -0.15) is 13.2 Å².